The summed E-state index contributed by atoms with van der Waals surface area (Å²) in [5.74, 6) is -0.882. The van der Waals surface area contributed by atoms with Crippen LogP contribution in [0.5, 0.6) is 0 Å². The summed E-state index contributed by atoms with van der Waals surface area (Å²) in [7, 11) is 0. The van der Waals surface area contributed by atoms with Crippen LogP contribution in [0.2, 0.25) is 0 Å². The van der Waals surface area contributed by atoms with Gasteiger partial charge in [-0.2, -0.15) is 18.3 Å². The molecule has 1 N–H and O–H groups in total. The number of carbonyl (C=O) groups excluding carboxylic acids is 1. The third-order valence-electron chi connectivity index (χ3n) is 2.98. The SMILES string of the molecule is CC(NC(=O)Cn1ccc(C(F)(F)F)n1)c1ccc(F)cc1. The molecule has 0 radical (unpaired) electrons. The second kappa shape index (κ2) is 6.17. The number of amides is 1. The summed E-state index contributed by atoms with van der Waals surface area (Å²) < 4.78 is 50.9. The van der Waals surface area contributed by atoms with Crippen LogP contribution in [-0.2, 0) is 17.5 Å². The monoisotopic (exact) mass is 315 g/mol. The molecule has 1 aromatic carbocycles. The van der Waals surface area contributed by atoms with Crippen molar-refractivity contribution in [2.24, 2.45) is 0 Å². The molecule has 1 atom stereocenters. The zero-order valence-corrected chi connectivity index (χ0v) is 11.6. The van der Waals surface area contributed by atoms with Crippen molar-refractivity contribution in [1.82, 2.24) is 15.1 Å². The van der Waals surface area contributed by atoms with Crippen molar-refractivity contribution in [3.05, 3.63) is 53.6 Å². The molecule has 1 heterocycles. The lowest BCUT2D eigenvalue weighted by molar-refractivity contribution is -0.141. The third kappa shape index (κ3) is 4.06. The van der Waals surface area contributed by atoms with Gasteiger partial charge in [0.2, 0.25) is 5.91 Å². The highest BCUT2D eigenvalue weighted by atomic mass is 19.4. The topological polar surface area (TPSA) is 46.9 Å². The Balaban J connectivity index is 1.95. The Morgan fingerprint density at radius 1 is 1.27 bits per heavy atom. The van der Waals surface area contributed by atoms with Crippen molar-refractivity contribution in [3.63, 3.8) is 0 Å². The number of hydrogen-bond acceptors (Lipinski definition) is 2. The van der Waals surface area contributed by atoms with Crippen LogP contribution in [0.15, 0.2) is 36.5 Å². The van der Waals surface area contributed by atoms with Gasteiger partial charge in [0.05, 0.1) is 6.04 Å². The highest BCUT2D eigenvalue weighted by Gasteiger charge is 2.33. The zero-order valence-electron chi connectivity index (χ0n) is 11.6. The van der Waals surface area contributed by atoms with Gasteiger partial charge in [0, 0.05) is 6.20 Å². The molecule has 0 spiro atoms. The van der Waals surface area contributed by atoms with E-state index in [2.05, 4.69) is 10.4 Å². The minimum atomic E-state index is -4.54. The Bertz CT molecular complexity index is 649. The van der Waals surface area contributed by atoms with E-state index in [9.17, 15) is 22.4 Å². The highest BCUT2D eigenvalue weighted by molar-refractivity contribution is 5.76. The van der Waals surface area contributed by atoms with Crippen molar-refractivity contribution in [3.8, 4) is 0 Å². The van der Waals surface area contributed by atoms with Gasteiger partial charge in [-0.05, 0) is 30.7 Å². The molecule has 0 aliphatic heterocycles. The average Bonchev–Trinajstić information content (AvgIpc) is 2.87. The normalized spacial score (nSPS) is 13.0. The average molecular weight is 315 g/mol. The molecule has 118 valence electrons. The molecule has 0 aliphatic carbocycles. The highest BCUT2D eigenvalue weighted by Crippen LogP contribution is 2.27. The summed E-state index contributed by atoms with van der Waals surface area (Å²) in [6, 6.07) is 5.98. The number of halogens is 4. The first-order valence-corrected chi connectivity index (χ1v) is 6.41. The molecule has 0 fully saturated rings. The van der Waals surface area contributed by atoms with E-state index in [1.165, 1.54) is 24.3 Å². The van der Waals surface area contributed by atoms with Crippen LogP contribution >= 0.6 is 0 Å². The maximum absolute atomic E-state index is 12.8. The summed E-state index contributed by atoms with van der Waals surface area (Å²) in [6.45, 7) is 1.36. The van der Waals surface area contributed by atoms with Gasteiger partial charge in [0.25, 0.3) is 0 Å². The predicted octanol–water partition coefficient (Wildman–Crippen LogP) is 2.92. The molecule has 2 rings (SSSR count). The zero-order chi connectivity index (χ0) is 16.3. The van der Waals surface area contributed by atoms with Gasteiger partial charge < -0.3 is 5.32 Å². The first-order chi connectivity index (χ1) is 10.3. The number of aromatic nitrogens is 2. The van der Waals surface area contributed by atoms with Gasteiger partial charge in [0.1, 0.15) is 12.4 Å². The molecule has 1 aromatic heterocycles. The van der Waals surface area contributed by atoms with Crippen LogP contribution in [0.25, 0.3) is 0 Å². The van der Waals surface area contributed by atoms with Crippen LogP contribution in [0.3, 0.4) is 0 Å². The van der Waals surface area contributed by atoms with Gasteiger partial charge in [0.15, 0.2) is 5.69 Å². The van der Waals surface area contributed by atoms with Crippen LogP contribution in [-0.4, -0.2) is 15.7 Å². The van der Waals surface area contributed by atoms with Gasteiger partial charge in [-0.15, -0.1) is 0 Å². The number of rotatable bonds is 4. The second-order valence-corrected chi connectivity index (χ2v) is 4.74. The van der Waals surface area contributed by atoms with E-state index in [0.29, 0.717) is 5.56 Å². The summed E-state index contributed by atoms with van der Waals surface area (Å²) in [5.41, 5.74) is -0.363. The molecule has 0 bridgehead atoms. The fraction of sp³-hybridized carbons (Fsp3) is 0.286. The molecule has 0 saturated carbocycles. The molecule has 4 nitrogen and oxygen atoms in total. The number of nitrogens with one attached hydrogen (secondary N) is 1. The van der Waals surface area contributed by atoms with Crippen LogP contribution < -0.4 is 5.32 Å². The summed E-state index contributed by atoms with van der Waals surface area (Å²) in [6.07, 6.45) is -3.45. The number of hydrogen-bond donors (Lipinski definition) is 1. The Hall–Kier alpha value is -2.38. The lowest BCUT2D eigenvalue weighted by Crippen LogP contribution is -2.30. The van der Waals surface area contributed by atoms with Crippen LogP contribution in [0, 0.1) is 5.82 Å². The van der Waals surface area contributed by atoms with Crippen LogP contribution in [0.4, 0.5) is 17.6 Å². The second-order valence-electron chi connectivity index (χ2n) is 4.74. The van der Waals surface area contributed by atoms with E-state index in [-0.39, 0.29) is 6.54 Å². The van der Waals surface area contributed by atoms with Crippen molar-refractivity contribution < 1.29 is 22.4 Å². The largest absolute Gasteiger partial charge is 0.435 e. The first-order valence-electron chi connectivity index (χ1n) is 6.41. The molecule has 1 amide bonds. The maximum Gasteiger partial charge on any atom is 0.435 e. The fourth-order valence-electron chi connectivity index (χ4n) is 1.87. The molecule has 2 aromatic rings. The lowest BCUT2D eigenvalue weighted by atomic mass is 10.1. The predicted molar refractivity (Wildman–Crippen MR) is 70.2 cm³/mol. The number of carbonyl (C=O) groups is 1. The van der Waals surface area contributed by atoms with E-state index in [0.717, 1.165) is 16.9 Å². The van der Waals surface area contributed by atoms with E-state index >= 15 is 0 Å². The molecule has 22 heavy (non-hydrogen) atoms. The van der Waals surface area contributed by atoms with Crippen molar-refractivity contribution in [2.45, 2.75) is 25.7 Å². The molecular weight excluding hydrogens is 302 g/mol. The summed E-state index contributed by atoms with van der Waals surface area (Å²) in [5, 5.41) is 5.90. The van der Waals surface area contributed by atoms with E-state index < -0.39 is 29.6 Å². The number of nitrogens with zero attached hydrogens (tertiary/aromatic N) is 2. The van der Waals surface area contributed by atoms with Crippen molar-refractivity contribution in [2.75, 3.05) is 0 Å². The van der Waals surface area contributed by atoms with Gasteiger partial charge in [-0.25, -0.2) is 4.39 Å². The quantitative estimate of drug-likeness (QED) is 0.882. The number of benzene rings is 1. The molecular formula is C14H13F4N3O. The van der Waals surface area contributed by atoms with E-state index in [4.69, 9.17) is 0 Å². The molecule has 0 aliphatic rings. The Morgan fingerprint density at radius 2 is 1.91 bits per heavy atom. The van der Waals surface area contributed by atoms with Gasteiger partial charge in [-0.3, -0.25) is 9.48 Å². The molecule has 8 heteroatoms. The minimum Gasteiger partial charge on any atom is -0.348 e. The van der Waals surface area contributed by atoms with E-state index in [1.807, 2.05) is 0 Å². The van der Waals surface area contributed by atoms with Crippen molar-refractivity contribution >= 4 is 5.91 Å². The summed E-state index contributed by atoms with van der Waals surface area (Å²) in [4.78, 5) is 11.8. The van der Waals surface area contributed by atoms with E-state index in [1.54, 1.807) is 6.92 Å². The Kier molecular flexibility index (Phi) is 4.48. The standard InChI is InChI=1S/C14H13F4N3O/c1-9(10-2-4-11(15)5-3-10)19-13(22)8-21-7-6-12(20-21)14(16,17)18/h2-7,9H,8H2,1H3,(H,19,22). The maximum atomic E-state index is 12.8. The number of alkyl halides is 3. The first kappa shape index (κ1) is 16.0. The minimum absolute atomic E-state index is 0.332. The lowest BCUT2D eigenvalue weighted by Gasteiger charge is -2.14. The smallest absolute Gasteiger partial charge is 0.348 e. The van der Waals surface area contributed by atoms with Gasteiger partial charge >= 0.3 is 6.18 Å². The Morgan fingerprint density at radius 3 is 2.45 bits per heavy atom. The molecule has 1 unspecified atom stereocenters. The Labute approximate surface area is 123 Å². The van der Waals surface area contributed by atoms with Crippen molar-refractivity contribution in [1.29, 1.82) is 0 Å². The fourth-order valence-corrected chi connectivity index (χ4v) is 1.87. The summed E-state index contributed by atoms with van der Waals surface area (Å²) >= 11 is 0. The third-order valence-corrected chi connectivity index (χ3v) is 2.98. The van der Waals surface area contributed by atoms with Crippen LogP contribution in [0.1, 0.15) is 24.2 Å². The van der Waals surface area contributed by atoms with Gasteiger partial charge in [-0.1, -0.05) is 12.1 Å². The molecule has 0 saturated heterocycles.